The molecular weight excluding hydrogens is 256 g/mol. The van der Waals surface area contributed by atoms with Crippen molar-refractivity contribution in [2.24, 2.45) is 0 Å². The molecule has 0 aromatic carbocycles. The van der Waals surface area contributed by atoms with Crippen LogP contribution in [0.15, 0.2) is 23.4 Å². The van der Waals surface area contributed by atoms with Gasteiger partial charge in [0.15, 0.2) is 0 Å². The number of nitro groups is 1. The van der Waals surface area contributed by atoms with Crippen LogP contribution >= 0.6 is 21.6 Å². The molecule has 1 aromatic heterocycles. The molecule has 0 radical (unpaired) electrons. The zero-order valence-electron chi connectivity index (χ0n) is 10.2. The first-order chi connectivity index (χ1) is 8.00. The Morgan fingerprint density at radius 1 is 1.41 bits per heavy atom. The van der Waals surface area contributed by atoms with Gasteiger partial charge in [0.05, 0.1) is 4.92 Å². The van der Waals surface area contributed by atoms with Gasteiger partial charge in [-0.3, -0.25) is 10.1 Å². The van der Waals surface area contributed by atoms with E-state index in [9.17, 15) is 10.1 Å². The molecule has 1 heterocycles. The van der Waals surface area contributed by atoms with Crippen molar-refractivity contribution in [2.75, 3.05) is 0 Å². The van der Waals surface area contributed by atoms with Crippen LogP contribution in [0.4, 0.5) is 5.69 Å². The minimum Gasteiger partial charge on any atom is -0.258 e. The Morgan fingerprint density at radius 3 is 2.47 bits per heavy atom. The third-order valence-corrected chi connectivity index (χ3v) is 6.20. The van der Waals surface area contributed by atoms with Crippen molar-refractivity contribution < 1.29 is 4.92 Å². The average molecular weight is 272 g/mol. The Bertz CT molecular complexity index is 378. The molecule has 94 valence electrons. The van der Waals surface area contributed by atoms with E-state index < -0.39 is 4.92 Å². The normalized spacial score (nSPS) is 11.5. The number of nitrogens with zero attached hydrogens (tertiary/aromatic N) is 2. The number of rotatable bonds is 6. The van der Waals surface area contributed by atoms with Crippen LogP contribution in [0, 0.1) is 10.1 Å². The van der Waals surface area contributed by atoms with E-state index in [0.717, 1.165) is 17.9 Å². The van der Waals surface area contributed by atoms with Gasteiger partial charge in [0, 0.05) is 10.8 Å². The van der Waals surface area contributed by atoms with Gasteiger partial charge >= 0.3 is 0 Å². The maximum atomic E-state index is 10.5. The van der Waals surface area contributed by atoms with Gasteiger partial charge in [-0.05, 0) is 36.6 Å². The molecule has 0 aliphatic heterocycles. The third-order valence-electron chi connectivity index (χ3n) is 2.76. The smallest absolute Gasteiger partial charge is 0.258 e. The topological polar surface area (TPSA) is 56.0 Å². The molecule has 6 heteroatoms. The fourth-order valence-corrected chi connectivity index (χ4v) is 3.65. The molecule has 0 amide bonds. The molecule has 0 atom stereocenters. The molecule has 0 unspecified atom stereocenters. The predicted octanol–water partition coefficient (Wildman–Crippen LogP) is 4.31. The molecule has 0 spiro atoms. The fourth-order valence-electron chi connectivity index (χ4n) is 1.04. The van der Waals surface area contributed by atoms with Crippen LogP contribution in [0.1, 0.15) is 33.6 Å². The first-order valence-electron chi connectivity index (χ1n) is 5.47. The van der Waals surface area contributed by atoms with Gasteiger partial charge in [-0.25, -0.2) is 4.98 Å². The summed E-state index contributed by atoms with van der Waals surface area (Å²) in [5, 5.41) is 11.3. The van der Waals surface area contributed by atoms with E-state index in [0.29, 0.717) is 0 Å². The summed E-state index contributed by atoms with van der Waals surface area (Å²) < 4.78 is 0.230. The minimum absolute atomic E-state index is 0.0353. The summed E-state index contributed by atoms with van der Waals surface area (Å²) in [4.78, 5) is 14.1. The Morgan fingerprint density at radius 2 is 2.06 bits per heavy atom. The maximum Gasteiger partial charge on any atom is 0.287 e. The lowest BCUT2D eigenvalue weighted by Gasteiger charge is -2.24. The number of pyridine rings is 1. The van der Waals surface area contributed by atoms with Gasteiger partial charge in [-0.15, -0.1) is 0 Å². The fraction of sp³-hybridized carbons (Fsp3) is 0.545. The van der Waals surface area contributed by atoms with E-state index in [1.807, 2.05) is 0 Å². The average Bonchev–Trinajstić information content (AvgIpc) is 2.36. The summed E-state index contributed by atoms with van der Waals surface area (Å²) in [6, 6.07) is 3.19. The molecule has 0 aliphatic rings. The molecule has 0 saturated carbocycles. The second-order valence-electron chi connectivity index (χ2n) is 3.94. The van der Waals surface area contributed by atoms with Crippen molar-refractivity contribution in [3.05, 3.63) is 28.4 Å². The van der Waals surface area contributed by atoms with Crippen LogP contribution in [-0.4, -0.2) is 14.7 Å². The monoisotopic (exact) mass is 272 g/mol. The number of hydrogen-bond acceptors (Lipinski definition) is 5. The second kappa shape index (κ2) is 6.26. The van der Waals surface area contributed by atoms with E-state index in [4.69, 9.17) is 0 Å². The lowest BCUT2D eigenvalue weighted by Crippen LogP contribution is -2.15. The standard InChI is InChI=1S/C11H16N2O2S2/c1-4-11(3,5-2)17-16-10-7-6-9(8-12-10)13(14)15/h6-8H,4-5H2,1-3H3. The lowest BCUT2D eigenvalue weighted by molar-refractivity contribution is -0.385. The molecule has 0 N–H and O–H groups in total. The molecule has 0 saturated heterocycles. The predicted molar refractivity (Wildman–Crippen MR) is 73.3 cm³/mol. The molecule has 1 rings (SSSR count). The molecule has 1 aromatic rings. The Kier molecular flexibility index (Phi) is 5.27. The number of hydrogen-bond donors (Lipinski definition) is 0. The first kappa shape index (κ1) is 14.3. The van der Waals surface area contributed by atoms with Gasteiger partial charge in [0.1, 0.15) is 11.2 Å². The summed E-state index contributed by atoms with van der Waals surface area (Å²) >= 11 is 0. The first-order valence-corrected chi connectivity index (χ1v) is 7.62. The van der Waals surface area contributed by atoms with Crippen molar-refractivity contribution in [3.63, 3.8) is 0 Å². The zero-order chi connectivity index (χ0) is 12.9. The molecular formula is C11H16N2O2S2. The molecule has 0 fully saturated rings. The van der Waals surface area contributed by atoms with Crippen LogP contribution in [0.3, 0.4) is 0 Å². The molecule has 0 bridgehead atoms. The van der Waals surface area contributed by atoms with Crippen molar-refractivity contribution in [2.45, 2.75) is 43.4 Å². The highest BCUT2D eigenvalue weighted by atomic mass is 33.1. The maximum absolute atomic E-state index is 10.5. The van der Waals surface area contributed by atoms with Crippen molar-refractivity contribution >= 4 is 27.3 Å². The Hall–Kier alpha value is -0.750. The summed E-state index contributed by atoms with van der Waals surface area (Å²) in [5.74, 6) is 0. The molecule has 4 nitrogen and oxygen atoms in total. The molecule has 0 aliphatic carbocycles. The largest absolute Gasteiger partial charge is 0.287 e. The lowest BCUT2D eigenvalue weighted by atomic mass is 10.1. The van der Waals surface area contributed by atoms with E-state index >= 15 is 0 Å². The summed E-state index contributed by atoms with van der Waals surface area (Å²) in [6.07, 6.45) is 3.49. The highest BCUT2D eigenvalue weighted by molar-refractivity contribution is 8.77. The summed E-state index contributed by atoms with van der Waals surface area (Å²) in [7, 11) is 3.36. The van der Waals surface area contributed by atoms with E-state index in [-0.39, 0.29) is 10.4 Å². The van der Waals surface area contributed by atoms with E-state index in [1.54, 1.807) is 27.7 Å². The Balaban J connectivity index is 2.61. The highest BCUT2D eigenvalue weighted by Crippen LogP contribution is 2.43. The summed E-state index contributed by atoms with van der Waals surface area (Å²) in [6.45, 7) is 6.55. The summed E-state index contributed by atoms with van der Waals surface area (Å²) in [5.41, 5.74) is 0.0353. The van der Waals surface area contributed by atoms with Gasteiger partial charge in [0.25, 0.3) is 5.69 Å². The highest BCUT2D eigenvalue weighted by Gasteiger charge is 2.21. The van der Waals surface area contributed by atoms with Crippen LogP contribution in [0.2, 0.25) is 0 Å². The second-order valence-corrected chi connectivity index (χ2v) is 6.67. The van der Waals surface area contributed by atoms with Crippen molar-refractivity contribution in [1.82, 2.24) is 4.98 Å². The van der Waals surface area contributed by atoms with Crippen LogP contribution < -0.4 is 0 Å². The third kappa shape index (κ3) is 4.20. The SMILES string of the molecule is CCC(C)(CC)SSc1ccc([N+](=O)[O-])cn1. The van der Waals surface area contributed by atoms with Crippen LogP contribution in [0.25, 0.3) is 0 Å². The van der Waals surface area contributed by atoms with Crippen molar-refractivity contribution in [1.29, 1.82) is 0 Å². The van der Waals surface area contributed by atoms with Crippen LogP contribution in [0.5, 0.6) is 0 Å². The van der Waals surface area contributed by atoms with Gasteiger partial charge in [-0.2, -0.15) is 0 Å². The zero-order valence-corrected chi connectivity index (χ0v) is 11.8. The minimum atomic E-state index is -0.434. The quantitative estimate of drug-likeness (QED) is 0.439. The Labute approximate surface area is 109 Å². The van der Waals surface area contributed by atoms with Gasteiger partial charge in [-0.1, -0.05) is 24.6 Å². The van der Waals surface area contributed by atoms with Crippen molar-refractivity contribution in [3.8, 4) is 0 Å². The van der Waals surface area contributed by atoms with E-state index in [1.165, 1.54) is 12.3 Å². The van der Waals surface area contributed by atoms with Gasteiger partial charge in [0.2, 0.25) is 0 Å². The van der Waals surface area contributed by atoms with E-state index in [2.05, 4.69) is 25.8 Å². The molecule has 17 heavy (non-hydrogen) atoms. The number of aromatic nitrogens is 1. The van der Waals surface area contributed by atoms with Gasteiger partial charge < -0.3 is 0 Å². The van der Waals surface area contributed by atoms with Crippen LogP contribution in [-0.2, 0) is 0 Å².